The molecule has 0 radical (unpaired) electrons. The highest BCUT2D eigenvalue weighted by Crippen LogP contribution is 2.08. The Morgan fingerprint density at radius 2 is 2.15 bits per heavy atom. The number of rotatable bonds is 3. The topological polar surface area (TPSA) is 39.0 Å². The fourth-order valence-electron chi connectivity index (χ4n) is 1.33. The number of nitrogens with zero attached hydrogens (tertiary/aromatic N) is 1. The standard InChI is InChI=1S/C10H16N2O/c1-4-11-7-10-8(2)5-6-12(13)9(10)3/h5-6,11H,4,7H2,1-3H3. The fourth-order valence-corrected chi connectivity index (χ4v) is 1.33. The van der Waals surface area contributed by atoms with Crippen LogP contribution in [0.3, 0.4) is 0 Å². The molecule has 0 atom stereocenters. The van der Waals surface area contributed by atoms with Crippen molar-refractivity contribution in [2.45, 2.75) is 27.3 Å². The van der Waals surface area contributed by atoms with Crippen LogP contribution >= 0.6 is 0 Å². The molecule has 1 aromatic heterocycles. The minimum Gasteiger partial charge on any atom is -0.619 e. The molecule has 3 heteroatoms. The van der Waals surface area contributed by atoms with Gasteiger partial charge in [0.25, 0.3) is 0 Å². The summed E-state index contributed by atoms with van der Waals surface area (Å²) in [6, 6.07) is 1.85. The van der Waals surface area contributed by atoms with Crippen molar-refractivity contribution < 1.29 is 4.73 Å². The molecule has 1 aromatic rings. The second kappa shape index (κ2) is 4.23. The van der Waals surface area contributed by atoms with Crippen molar-refractivity contribution >= 4 is 0 Å². The highest BCUT2D eigenvalue weighted by atomic mass is 16.5. The number of aromatic nitrogens is 1. The molecule has 13 heavy (non-hydrogen) atoms. The Kier molecular flexibility index (Phi) is 3.25. The average molecular weight is 180 g/mol. The molecule has 0 amide bonds. The second-order valence-electron chi connectivity index (χ2n) is 3.17. The molecule has 0 spiro atoms. The third-order valence-electron chi connectivity index (χ3n) is 2.26. The molecule has 0 aliphatic heterocycles. The lowest BCUT2D eigenvalue weighted by Crippen LogP contribution is -2.32. The van der Waals surface area contributed by atoms with Gasteiger partial charge in [0.05, 0.1) is 0 Å². The van der Waals surface area contributed by atoms with E-state index in [0.29, 0.717) is 0 Å². The molecule has 0 saturated carbocycles. The Balaban J connectivity index is 2.96. The summed E-state index contributed by atoms with van der Waals surface area (Å²) in [5.41, 5.74) is 3.07. The van der Waals surface area contributed by atoms with Gasteiger partial charge in [0, 0.05) is 25.1 Å². The largest absolute Gasteiger partial charge is 0.619 e. The van der Waals surface area contributed by atoms with Crippen molar-refractivity contribution in [2.75, 3.05) is 6.54 Å². The van der Waals surface area contributed by atoms with E-state index in [9.17, 15) is 5.21 Å². The van der Waals surface area contributed by atoms with Gasteiger partial charge in [-0.05, 0) is 19.0 Å². The normalized spacial score (nSPS) is 10.4. The zero-order valence-corrected chi connectivity index (χ0v) is 8.42. The van der Waals surface area contributed by atoms with E-state index in [-0.39, 0.29) is 0 Å². The van der Waals surface area contributed by atoms with Gasteiger partial charge in [-0.25, -0.2) is 0 Å². The van der Waals surface area contributed by atoms with Gasteiger partial charge >= 0.3 is 0 Å². The maximum Gasteiger partial charge on any atom is 0.194 e. The molecule has 0 saturated heterocycles. The lowest BCUT2D eigenvalue weighted by Gasteiger charge is -2.09. The first-order valence-electron chi connectivity index (χ1n) is 4.55. The maximum atomic E-state index is 11.2. The van der Waals surface area contributed by atoms with Crippen LogP contribution in [-0.2, 0) is 6.54 Å². The SMILES string of the molecule is CCNCc1c(C)cc[n+]([O-])c1C. The molecule has 0 unspecified atom stereocenters. The van der Waals surface area contributed by atoms with Gasteiger partial charge in [0.1, 0.15) is 0 Å². The summed E-state index contributed by atoms with van der Waals surface area (Å²) in [4.78, 5) is 0. The van der Waals surface area contributed by atoms with Crippen molar-refractivity contribution in [2.24, 2.45) is 0 Å². The summed E-state index contributed by atoms with van der Waals surface area (Å²) >= 11 is 0. The smallest absolute Gasteiger partial charge is 0.194 e. The molecule has 1 rings (SSSR count). The molecule has 72 valence electrons. The monoisotopic (exact) mass is 180 g/mol. The van der Waals surface area contributed by atoms with Crippen LogP contribution in [-0.4, -0.2) is 6.54 Å². The quantitative estimate of drug-likeness (QED) is 0.557. The lowest BCUT2D eigenvalue weighted by molar-refractivity contribution is -0.612. The molecule has 1 N–H and O–H groups in total. The predicted molar refractivity (Wildman–Crippen MR) is 52.3 cm³/mol. The molecule has 0 aromatic carbocycles. The molecule has 0 aliphatic rings. The molecular weight excluding hydrogens is 164 g/mol. The third-order valence-corrected chi connectivity index (χ3v) is 2.26. The number of nitrogens with one attached hydrogen (secondary N) is 1. The predicted octanol–water partition coefficient (Wildman–Crippen LogP) is 1.05. The van der Waals surface area contributed by atoms with Crippen LogP contribution in [0.25, 0.3) is 0 Å². The summed E-state index contributed by atoms with van der Waals surface area (Å²) in [6.45, 7) is 7.63. The van der Waals surface area contributed by atoms with Crippen molar-refractivity contribution in [1.29, 1.82) is 0 Å². The summed E-state index contributed by atoms with van der Waals surface area (Å²) in [7, 11) is 0. The summed E-state index contributed by atoms with van der Waals surface area (Å²) in [6.07, 6.45) is 1.56. The number of hydrogen-bond donors (Lipinski definition) is 1. The summed E-state index contributed by atoms with van der Waals surface area (Å²) in [5.74, 6) is 0. The van der Waals surface area contributed by atoms with Gasteiger partial charge in [-0.2, -0.15) is 4.73 Å². The average Bonchev–Trinajstić information content (AvgIpc) is 2.12. The van der Waals surface area contributed by atoms with Crippen LogP contribution in [0.1, 0.15) is 23.7 Å². The molecule has 0 aliphatic carbocycles. The number of pyridine rings is 1. The Morgan fingerprint density at radius 1 is 1.46 bits per heavy atom. The molecule has 1 heterocycles. The van der Waals surface area contributed by atoms with Crippen LogP contribution in [0.5, 0.6) is 0 Å². The third kappa shape index (κ3) is 2.18. The minimum absolute atomic E-state index is 0.775. The van der Waals surface area contributed by atoms with Crippen molar-refractivity contribution in [1.82, 2.24) is 5.32 Å². The van der Waals surface area contributed by atoms with Crippen molar-refractivity contribution in [3.63, 3.8) is 0 Å². The highest BCUT2D eigenvalue weighted by Gasteiger charge is 2.08. The van der Waals surface area contributed by atoms with Crippen LogP contribution in [0.15, 0.2) is 12.3 Å². The van der Waals surface area contributed by atoms with E-state index in [4.69, 9.17) is 0 Å². The van der Waals surface area contributed by atoms with Gasteiger partial charge < -0.3 is 10.5 Å². The number of hydrogen-bond acceptors (Lipinski definition) is 2. The lowest BCUT2D eigenvalue weighted by atomic mass is 10.1. The van der Waals surface area contributed by atoms with Gasteiger partial charge in [0.2, 0.25) is 0 Å². The van der Waals surface area contributed by atoms with Crippen LogP contribution in [0.4, 0.5) is 0 Å². The Labute approximate surface area is 79.0 Å². The summed E-state index contributed by atoms with van der Waals surface area (Å²) < 4.78 is 0.916. The fraction of sp³-hybridized carbons (Fsp3) is 0.500. The van der Waals surface area contributed by atoms with Crippen LogP contribution < -0.4 is 10.0 Å². The van der Waals surface area contributed by atoms with Gasteiger partial charge in [0.15, 0.2) is 11.9 Å². The van der Waals surface area contributed by atoms with E-state index in [1.807, 2.05) is 19.9 Å². The van der Waals surface area contributed by atoms with Gasteiger partial charge in [-0.1, -0.05) is 6.92 Å². The van der Waals surface area contributed by atoms with Crippen molar-refractivity contribution in [3.05, 3.63) is 34.3 Å². The molecule has 3 nitrogen and oxygen atoms in total. The molecule has 0 bridgehead atoms. The van der Waals surface area contributed by atoms with Gasteiger partial charge in [-0.3, -0.25) is 0 Å². The van der Waals surface area contributed by atoms with E-state index in [0.717, 1.165) is 29.1 Å². The van der Waals surface area contributed by atoms with E-state index >= 15 is 0 Å². The summed E-state index contributed by atoms with van der Waals surface area (Å²) in [5, 5.41) is 14.5. The second-order valence-corrected chi connectivity index (χ2v) is 3.17. The maximum absolute atomic E-state index is 11.2. The Morgan fingerprint density at radius 3 is 2.77 bits per heavy atom. The first-order chi connectivity index (χ1) is 6.16. The van der Waals surface area contributed by atoms with Gasteiger partial charge in [-0.15, -0.1) is 0 Å². The van der Waals surface area contributed by atoms with Crippen molar-refractivity contribution in [3.8, 4) is 0 Å². The first kappa shape index (κ1) is 9.99. The Hall–Kier alpha value is -1.09. The van der Waals surface area contributed by atoms with Crippen LogP contribution in [0.2, 0.25) is 0 Å². The van der Waals surface area contributed by atoms with E-state index < -0.39 is 0 Å². The van der Waals surface area contributed by atoms with E-state index in [1.54, 1.807) is 6.20 Å². The number of aryl methyl sites for hydroxylation is 1. The van der Waals surface area contributed by atoms with E-state index in [2.05, 4.69) is 12.2 Å². The zero-order valence-electron chi connectivity index (χ0n) is 8.42. The first-order valence-corrected chi connectivity index (χ1v) is 4.55. The minimum atomic E-state index is 0.775. The molecule has 0 fully saturated rings. The van der Waals surface area contributed by atoms with E-state index in [1.165, 1.54) is 5.56 Å². The highest BCUT2D eigenvalue weighted by molar-refractivity contribution is 5.25. The molecular formula is C10H16N2O. The Bertz CT molecular complexity index is 297. The van der Waals surface area contributed by atoms with Crippen LogP contribution in [0, 0.1) is 19.1 Å². The zero-order chi connectivity index (χ0) is 9.84.